The van der Waals surface area contributed by atoms with Crippen LogP contribution < -0.4 is 0 Å². The van der Waals surface area contributed by atoms with Crippen LogP contribution in [0.2, 0.25) is 0 Å². The van der Waals surface area contributed by atoms with Crippen molar-refractivity contribution >= 4 is 17.7 Å². The van der Waals surface area contributed by atoms with Crippen LogP contribution in [-0.2, 0) is 27.4 Å². The summed E-state index contributed by atoms with van der Waals surface area (Å²) < 4.78 is 12.4. The maximum absolute atomic E-state index is 12.6. The first kappa shape index (κ1) is 21.8. The Labute approximate surface area is 176 Å². The summed E-state index contributed by atoms with van der Waals surface area (Å²) in [5.41, 5.74) is 3.70. The Morgan fingerprint density at radius 2 is 1.87 bits per heavy atom. The molecule has 2 aromatic rings. The van der Waals surface area contributed by atoms with Crippen LogP contribution in [0.3, 0.4) is 0 Å². The highest BCUT2D eigenvalue weighted by atomic mass is 16.5. The lowest BCUT2D eigenvalue weighted by Gasteiger charge is -2.15. The Balaban J connectivity index is 1.56. The van der Waals surface area contributed by atoms with E-state index in [1.807, 2.05) is 41.5 Å². The van der Waals surface area contributed by atoms with Crippen LogP contribution in [-0.4, -0.2) is 54.0 Å². The van der Waals surface area contributed by atoms with Crippen molar-refractivity contribution in [3.8, 4) is 0 Å². The zero-order chi connectivity index (χ0) is 21.7. The SMILES string of the molecule is COCCn1c(C)cc(C(=O)COC(=O)c2ccc(CN3CCCC3=O)cc2)c1C. The molecule has 1 fully saturated rings. The number of nitrogens with zero attached hydrogens (tertiary/aromatic N) is 2. The second kappa shape index (κ2) is 9.71. The number of benzene rings is 1. The largest absolute Gasteiger partial charge is 0.454 e. The van der Waals surface area contributed by atoms with Crippen molar-refractivity contribution in [3.63, 3.8) is 0 Å². The molecule has 160 valence electrons. The number of aryl methyl sites for hydroxylation is 1. The summed E-state index contributed by atoms with van der Waals surface area (Å²) in [5, 5.41) is 0. The average molecular weight is 412 g/mol. The van der Waals surface area contributed by atoms with E-state index >= 15 is 0 Å². The number of ketones is 1. The minimum Gasteiger partial charge on any atom is -0.454 e. The molecule has 1 aliphatic rings. The molecular formula is C23H28N2O5. The van der Waals surface area contributed by atoms with E-state index in [2.05, 4.69) is 0 Å². The van der Waals surface area contributed by atoms with E-state index in [9.17, 15) is 14.4 Å². The minimum absolute atomic E-state index is 0.165. The monoisotopic (exact) mass is 412 g/mol. The Kier molecular flexibility index (Phi) is 7.05. The highest BCUT2D eigenvalue weighted by Gasteiger charge is 2.20. The van der Waals surface area contributed by atoms with Crippen LogP contribution in [0.5, 0.6) is 0 Å². The van der Waals surface area contributed by atoms with Crippen LogP contribution >= 0.6 is 0 Å². The third-order valence-corrected chi connectivity index (χ3v) is 5.46. The van der Waals surface area contributed by atoms with Crippen molar-refractivity contribution in [3.05, 3.63) is 58.4 Å². The Hall–Kier alpha value is -2.93. The highest BCUT2D eigenvalue weighted by Crippen LogP contribution is 2.17. The lowest BCUT2D eigenvalue weighted by molar-refractivity contribution is -0.128. The number of likely N-dealkylation sites (tertiary alicyclic amines) is 1. The summed E-state index contributed by atoms with van der Waals surface area (Å²) in [6, 6.07) is 8.77. The normalized spacial score (nSPS) is 13.7. The van der Waals surface area contributed by atoms with Crippen molar-refractivity contribution in [1.82, 2.24) is 9.47 Å². The van der Waals surface area contributed by atoms with E-state index in [0.29, 0.717) is 37.2 Å². The van der Waals surface area contributed by atoms with Gasteiger partial charge in [0, 0.05) is 50.1 Å². The van der Waals surface area contributed by atoms with Gasteiger partial charge in [-0.3, -0.25) is 9.59 Å². The van der Waals surface area contributed by atoms with Crippen molar-refractivity contribution in [1.29, 1.82) is 0 Å². The standard InChI is InChI=1S/C23H28N2O5/c1-16-13-20(17(2)25(16)11-12-29-3)21(26)15-30-23(28)19-8-6-18(7-9-19)14-24-10-4-5-22(24)27/h6-9,13H,4-5,10-12,14-15H2,1-3H3. The predicted octanol–water partition coefficient (Wildman–Crippen LogP) is 2.91. The van der Waals surface area contributed by atoms with Gasteiger partial charge < -0.3 is 18.9 Å². The number of ether oxygens (including phenoxy) is 2. The summed E-state index contributed by atoms with van der Waals surface area (Å²) in [5.74, 6) is -0.608. The van der Waals surface area contributed by atoms with Crippen LogP contribution in [0.25, 0.3) is 0 Å². The molecule has 0 saturated carbocycles. The van der Waals surface area contributed by atoms with Crippen LogP contribution in [0, 0.1) is 13.8 Å². The fraction of sp³-hybridized carbons (Fsp3) is 0.435. The lowest BCUT2D eigenvalue weighted by Crippen LogP contribution is -2.23. The summed E-state index contributed by atoms with van der Waals surface area (Å²) in [6.07, 6.45) is 1.50. The molecule has 0 aliphatic carbocycles. The number of carbonyl (C=O) groups excluding carboxylic acids is 3. The number of Topliss-reactive ketones (excluding diaryl/α,β-unsaturated/α-hetero) is 1. The molecule has 0 unspecified atom stereocenters. The molecule has 0 radical (unpaired) electrons. The molecule has 0 N–H and O–H groups in total. The minimum atomic E-state index is -0.541. The number of amides is 1. The molecule has 1 saturated heterocycles. The molecule has 3 rings (SSSR count). The molecular weight excluding hydrogens is 384 g/mol. The van der Waals surface area contributed by atoms with Gasteiger partial charge in [0.2, 0.25) is 11.7 Å². The Morgan fingerprint density at radius 3 is 2.50 bits per heavy atom. The molecule has 1 aromatic heterocycles. The van der Waals surface area contributed by atoms with E-state index in [0.717, 1.165) is 29.9 Å². The lowest BCUT2D eigenvalue weighted by atomic mass is 10.1. The van der Waals surface area contributed by atoms with Crippen molar-refractivity contribution in [2.75, 3.05) is 26.9 Å². The fourth-order valence-corrected chi connectivity index (χ4v) is 3.74. The average Bonchev–Trinajstić information content (AvgIpc) is 3.27. The molecule has 0 spiro atoms. The number of esters is 1. The van der Waals surface area contributed by atoms with Gasteiger partial charge in [-0.15, -0.1) is 0 Å². The van der Waals surface area contributed by atoms with Crippen molar-refractivity contribution in [2.24, 2.45) is 0 Å². The molecule has 0 bridgehead atoms. The van der Waals surface area contributed by atoms with Crippen LogP contribution in [0.1, 0.15) is 50.5 Å². The van der Waals surface area contributed by atoms with E-state index in [1.165, 1.54) is 0 Å². The van der Waals surface area contributed by atoms with Gasteiger partial charge in [0.05, 0.1) is 12.2 Å². The van der Waals surface area contributed by atoms with Gasteiger partial charge in [-0.2, -0.15) is 0 Å². The molecule has 1 aromatic carbocycles. The van der Waals surface area contributed by atoms with Gasteiger partial charge in [0.15, 0.2) is 6.61 Å². The molecule has 1 amide bonds. The van der Waals surface area contributed by atoms with E-state index < -0.39 is 5.97 Å². The highest BCUT2D eigenvalue weighted by molar-refractivity contribution is 6.00. The number of hydrogen-bond acceptors (Lipinski definition) is 5. The topological polar surface area (TPSA) is 77.8 Å². The van der Waals surface area contributed by atoms with Crippen LogP contribution in [0.4, 0.5) is 0 Å². The molecule has 2 heterocycles. The third kappa shape index (κ3) is 4.97. The first-order valence-corrected chi connectivity index (χ1v) is 10.1. The first-order chi connectivity index (χ1) is 14.4. The second-order valence-corrected chi connectivity index (χ2v) is 7.54. The zero-order valence-corrected chi connectivity index (χ0v) is 17.8. The van der Waals surface area contributed by atoms with Crippen molar-refractivity contribution < 1.29 is 23.9 Å². The molecule has 0 atom stereocenters. The van der Waals surface area contributed by atoms with Gasteiger partial charge in [-0.1, -0.05) is 12.1 Å². The van der Waals surface area contributed by atoms with Gasteiger partial charge >= 0.3 is 5.97 Å². The number of hydrogen-bond donors (Lipinski definition) is 0. The number of rotatable bonds is 9. The fourth-order valence-electron chi connectivity index (χ4n) is 3.74. The smallest absolute Gasteiger partial charge is 0.338 e. The Morgan fingerprint density at radius 1 is 1.13 bits per heavy atom. The van der Waals surface area contributed by atoms with Gasteiger partial charge in [0.25, 0.3) is 0 Å². The third-order valence-electron chi connectivity index (χ3n) is 5.46. The summed E-state index contributed by atoms with van der Waals surface area (Å²) in [7, 11) is 1.64. The molecule has 7 heteroatoms. The van der Waals surface area contributed by atoms with Crippen molar-refractivity contribution in [2.45, 2.75) is 39.8 Å². The second-order valence-electron chi connectivity index (χ2n) is 7.54. The molecule has 1 aliphatic heterocycles. The van der Waals surface area contributed by atoms with Gasteiger partial charge in [-0.05, 0) is 44.0 Å². The van der Waals surface area contributed by atoms with Crippen LogP contribution in [0.15, 0.2) is 30.3 Å². The molecule has 30 heavy (non-hydrogen) atoms. The first-order valence-electron chi connectivity index (χ1n) is 10.1. The quantitative estimate of drug-likeness (QED) is 0.467. The number of carbonyl (C=O) groups is 3. The predicted molar refractivity (Wildman–Crippen MR) is 111 cm³/mol. The summed E-state index contributed by atoms with van der Waals surface area (Å²) >= 11 is 0. The maximum Gasteiger partial charge on any atom is 0.338 e. The summed E-state index contributed by atoms with van der Waals surface area (Å²) in [4.78, 5) is 38.4. The summed E-state index contributed by atoms with van der Waals surface area (Å²) in [6.45, 7) is 6.04. The number of aromatic nitrogens is 1. The van der Waals surface area contributed by atoms with Gasteiger partial charge in [-0.25, -0.2) is 4.79 Å². The number of methoxy groups -OCH3 is 1. The van der Waals surface area contributed by atoms with E-state index in [4.69, 9.17) is 9.47 Å². The van der Waals surface area contributed by atoms with E-state index in [1.54, 1.807) is 19.2 Å². The molecule has 7 nitrogen and oxygen atoms in total. The zero-order valence-electron chi connectivity index (χ0n) is 17.8. The Bertz CT molecular complexity index is 930. The van der Waals surface area contributed by atoms with E-state index in [-0.39, 0.29) is 18.3 Å². The van der Waals surface area contributed by atoms with Gasteiger partial charge in [0.1, 0.15) is 0 Å². The maximum atomic E-state index is 12.6.